The van der Waals surface area contributed by atoms with Crippen LogP contribution in [0.3, 0.4) is 0 Å². The summed E-state index contributed by atoms with van der Waals surface area (Å²) in [6.07, 6.45) is 3.52. The molecule has 0 atom stereocenters. The first kappa shape index (κ1) is 21.5. The Morgan fingerprint density at radius 2 is 1.88 bits per heavy atom. The smallest absolute Gasteiger partial charge is 0.258 e. The number of aryl methyl sites for hydroxylation is 1. The zero-order chi connectivity index (χ0) is 22.8. The van der Waals surface area contributed by atoms with Gasteiger partial charge in [-0.05, 0) is 49.9 Å². The van der Waals surface area contributed by atoms with Crippen molar-refractivity contribution in [2.24, 2.45) is 0 Å². The Labute approximate surface area is 196 Å². The Morgan fingerprint density at radius 1 is 1.06 bits per heavy atom. The van der Waals surface area contributed by atoms with E-state index in [4.69, 9.17) is 9.72 Å². The fourth-order valence-corrected chi connectivity index (χ4v) is 5.04. The number of hydrogen-bond donors (Lipinski definition) is 1. The maximum absolute atomic E-state index is 12.6. The van der Waals surface area contributed by atoms with Gasteiger partial charge in [-0.3, -0.25) is 9.36 Å². The van der Waals surface area contributed by atoms with Crippen LogP contribution in [0.25, 0.3) is 16.6 Å². The fraction of sp³-hybridized carbons (Fsp3) is 0.333. The average Bonchev–Trinajstić information content (AvgIpc) is 3.27. The van der Waals surface area contributed by atoms with Gasteiger partial charge >= 0.3 is 0 Å². The van der Waals surface area contributed by atoms with E-state index in [9.17, 15) is 4.79 Å². The third-order valence-electron chi connectivity index (χ3n) is 5.91. The molecule has 0 bridgehead atoms. The average molecular weight is 463 g/mol. The number of para-hydroxylation sites is 3. The fourth-order valence-electron chi connectivity index (χ4n) is 4.23. The summed E-state index contributed by atoms with van der Waals surface area (Å²) in [4.78, 5) is 22.5. The van der Waals surface area contributed by atoms with E-state index in [1.165, 1.54) is 18.2 Å². The van der Waals surface area contributed by atoms with Crippen molar-refractivity contribution in [3.63, 3.8) is 0 Å². The molecule has 1 aliphatic heterocycles. The highest BCUT2D eigenvalue weighted by atomic mass is 32.2. The molecule has 1 fully saturated rings. The van der Waals surface area contributed by atoms with Crippen molar-refractivity contribution in [2.45, 2.75) is 37.1 Å². The number of rotatable bonds is 6. The molecule has 9 heteroatoms. The van der Waals surface area contributed by atoms with Gasteiger partial charge < -0.3 is 14.6 Å². The zero-order valence-electron chi connectivity index (χ0n) is 18.7. The molecule has 2 aromatic carbocycles. The first-order chi connectivity index (χ1) is 16.2. The van der Waals surface area contributed by atoms with Gasteiger partial charge in [0.05, 0.1) is 29.5 Å². The summed E-state index contributed by atoms with van der Waals surface area (Å²) in [7, 11) is 1.67. The van der Waals surface area contributed by atoms with Crippen molar-refractivity contribution in [1.29, 1.82) is 0 Å². The molecule has 0 saturated carbocycles. The molecule has 0 unspecified atom stereocenters. The largest absolute Gasteiger partial charge is 0.495 e. The number of H-pyrrole nitrogens is 1. The van der Waals surface area contributed by atoms with Crippen molar-refractivity contribution in [3.8, 4) is 11.4 Å². The van der Waals surface area contributed by atoms with Crippen LogP contribution in [0.2, 0.25) is 0 Å². The maximum atomic E-state index is 12.6. The number of fused-ring (bicyclic) bond motifs is 1. The van der Waals surface area contributed by atoms with E-state index in [1.54, 1.807) is 13.2 Å². The minimum atomic E-state index is -0.125. The molecule has 4 aromatic rings. The van der Waals surface area contributed by atoms with Crippen LogP contribution < -0.4 is 15.2 Å². The number of thioether (sulfide) groups is 1. The topological polar surface area (TPSA) is 88.9 Å². The van der Waals surface area contributed by atoms with Crippen LogP contribution in [-0.4, -0.2) is 44.9 Å². The van der Waals surface area contributed by atoms with Crippen LogP contribution in [-0.2, 0) is 5.75 Å². The second-order valence-electron chi connectivity index (χ2n) is 8.11. The number of benzene rings is 2. The molecule has 1 N–H and O–H groups in total. The first-order valence-electron chi connectivity index (χ1n) is 11.1. The summed E-state index contributed by atoms with van der Waals surface area (Å²) in [5, 5.41) is 10.4. The molecule has 0 spiro atoms. The predicted molar refractivity (Wildman–Crippen MR) is 131 cm³/mol. The highest BCUT2D eigenvalue weighted by Gasteiger charge is 2.23. The molecule has 3 heterocycles. The van der Waals surface area contributed by atoms with E-state index in [0.29, 0.717) is 17.0 Å². The molecule has 0 amide bonds. The number of aromatic nitrogens is 5. The normalized spacial score (nSPS) is 14.1. The van der Waals surface area contributed by atoms with Crippen LogP contribution in [0.1, 0.15) is 30.7 Å². The SMILES string of the molecule is COc1ccccc1-n1c(SCc2nc3c(C)cccc3c(=O)[nH]2)nnc1N1CCCCC1. The lowest BCUT2D eigenvalue weighted by Crippen LogP contribution is -2.31. The molecule has 8 nitrogen and oxygen atoms in total. The molecule has 0 aliphatic carbocycles. The third-order valence-corrected chi connectivity index (χ3v) is 6.85. The molecule has 1 saturated heterocycles. The molecule has 0 radical (unpaired) electrons. The van der Waals surface area contributed by atoms with E-state index < -0.39 is 0 Å². The first-order valence-corrected chi connectivity index (χ1v) is 12.1. The number of anilines is 1. The quantitative estimate of drug-likeness (QED) is 0.432. The predicted octanol–water partition coefficient (Wildman–Crippen LogP) is 4.10. The lowest BCUT2D eigenvalue weighted by Gasteiger charge is -2.28. The molecule has 33 heavy (non-hydrogen) atoms. The third kappa shape index (κ3) is 4.20. The second kappa shape index (κ2) is 9.27. The van der Waals surface area contributed by atoms with Crippen LogP contribution >= 0.6 is 11.8 Å². The summed E-state index contributed by atoms with van der Waals surface area (Å²) in [6, 6.07) is 13.5. The number of nitrogens with one attached hydrogen (secondary N) is 1. The van der Waals surface area contributed by atoms with Gasteiger partial charge in [0.25, 0.3) is 5.56 Å². The molecular weight excluding hydrogens is 436 g/mol. The minimum Gasteiger partial charge on any atom is -0.495 e. The lowest BCUT2D eigenvalue weighted by atomic mass is 10.1. The van der Waals surface area contributed by atoms with E-state index in [2.05, 4.69) is 24.6 Å². The Bertz CT molecular complexity index is 1340. The second-order valence-corrected chi connectivity index (χ2v) is 9.05. The monoisotopic (exact) mass is 462 g/mol. The van der Waals surface area contributed by atoms with Gasteiger partial charge in [-0.1, -0.05) is 36.0 Å². The molecule has 1 aliphatic rings. The maximum Gasteiger partial charge on any atom is 0.258 e. The summed E-state index contributed by atoms with van der Waals surface area (Å²) < 4.78 is 7.70. The molecule has 2 aromatic heterocycles. The Hall–Kier alpha value is -3.33. The number of methoxy groups -OCH3 is 1. The van der Waals surface area contributed by atoms with E-state index >= 15 is 0 Å². The van der Waals surface area contributed by atoms with Crippen molar-refractivity contribution < 1.29 is 4.74 Å². The van der Waals surface area contributed by atoms with Crippen LogP contribution in [0.4, 0.5) is 5.95 Å². The number of ether oxygens (including phenoxy) is 1. The van der Waals surface area contributed by atoms with Crippen molar-refractivity contribution >= 4 is 28.6 Å². The highest BCUT2D eigenvalue weighted by Crippen LogP contribution is 2.33. The van der Waals surface area contributed by atoms with Crippen LogP contribution in [0.5, 0.6) is 5.75 Å². The van der Waals surface area contributed by atoms with Gasteiger partial charge in [-0.15, -0.1) is 10.2 Å². The summed E-state index contributed by atoms with van der Waals surface area (Å²) in [5.41, 5.74) is 2.48. The Morgan fingerprint density at radius 3 is 2.70 bits per heavy atom. The molecular formula is C24H26N6O2S. The summed E-state index contributed by atoms with van der Waals surface area (Å²) >= 11 is 1.50. The molecule has 170 valence electrons. The van der Waals surface area contributed by atoms with Gasteiger partial charge in [0.15, 0.2) is 5.16 Å². The van der Waals surface area contributed by atoms with Gasteiger partial charge in [0.2, 0.25) is 5.95 Å². The van der Waals surface area contributed by atoms with E-state index in [1.807, 2.05) is 43.3 Å². The van der Waals surface area contributed by atoms with Gasteiger partial charge in [0.1, 0.15) is 11.6 Å². The number of piperidine rings is 1. The molecule has 5 rings (SSSR count). The van der Waals surface area contributed by atoms with Gasteiger partial charge in [0, 0.05) is 13.1 Å². The minimum absolute atomic E-state index is 0.125. The Balaban J connectivity index is 1.52. The zero-order valence-corrected chi connectivity index (χ0v) is 19.6. The van der Waals surface area contributed by atoms with E-state index in [-0.39, 0.29) is 5.56 Å². The standard InChI is InChI=1S/C24H26N6O2S/c1-16-9-8-10-17-21(16)25-20(26-22(17)31)15-33-24-28-27-23(29-13-6-3-7-14-29)30(24)18-11-4-5-12-19(18)32-2/h4-5,8-12H,3,6-7,13-15H2,1-2H3,(H,25,26,31). The van der Waals surface area contributed by atoms with Crippen molar-refractivity contribution in [2.75, 3.05) is 25.1 Å². The number of aromatic amines is 1. The highest BCUT2D eigenvalue weighted by molar-refractivity contribution is 7.98. The van der Waals surface area contributed by atoms with Crippen LogP contribution in [0, 0.1) is 6.92 Å². The lowest BCUT2D eigenvalue weighted by molar-refractivity contribution is 0.412. The van der Waals surface area contributed by atoms with Crippen molar-refractivity contribution in [3.05, 3.63) is 64.2 Å². The Kier molecular flexibility index (Phi) is 6.04. The summed E-state index contributed by atoms with van der Waals surface area (Å²) in [5.74, 6) is 2.65. The van der Waals surface area contributed by atoms with Gasteiger partial charge in [-0.25, -0.2) is 4.98 Å². The van der Waals surface area contributed by atoms with Crippen LogP contribution in [0.15, 0.2) is 52.4 Å². The van der Waals surface area contributed by atoms with Gasteiger partial charge in [-0.2, -0.15) is 0 Å². The number of hydrogen-bond acceptors (Lipinski definition) is 7. The van der Waals surface area contributed by atoms with E-state index in [0.717, 1.165) is 59.6 Å². The van der Waals surface area contributed by atoms with Crippen molar-refractivity contribution in [1.82, 2.24) is 24.7 Å². The summed E-state index contributed by atoms with van der Waals surface area (Å²) in [6.45, 7) is 3.88. The number of nitrogens with zero attached hydrogens (tertiary/aromatic N) is 5.